The summed E-state index contributed by atoms with van der Waals surface area (Å²) >= 11 is 0. The summed E-state index contributed by atoms with van der Waals surface area (Å²) in [5, 5.41) is 18.3. The molecule has 18 heteroatoms. The van der Waals surface area contributed by atoms with Crippen molar-refractivity contribution in [2.75, 3.05) is 13.2 Å². The van der Waals surface area contributed by atoms with Gasteiger partial charge in [-0.1, -0.05) is 12.2 Å². The first-order valence-corrected chi connectivity index (χ1v) is 18.5. The number of primary amides is 2. The highest BCUT2D eigenvalue weighted by Gasteiger charge is 2.21. The van der Waals surface area contributed by atoms with Crippen molar-refractivity contribution >= 4 is 45.7 Å². The molecule has 0 atom stereocenters. The maximum Gasteiger partial charge on any atom is 0.298 e. The van der Waals surface area contributed by atoms with E-state index >= 15 is 0 Å². The fraction of sp³-hybridized carbons (Fsp3) is 0.333. The number of aliphatic hydroxyl groups is 1. The van der Waals surface area contributed by atoms with Crippen LogP contribution in [0.5, 0.6) is 5.75 Å². The van der Waals surface area contributed by atoms with Crippen LogP contribution in [-0.2, 0) is 40.3 Å². The number of carbonyl (C=O) groups is 4. The van der Waals surface area contributed by atoms with Gasteiger partial charge >= 0.3 is 0 Å². The van der Waals surface area contributed by atoms with Gasteiger partial charge in [0, 0.05) is 64.4 Å². The number of hydrogen-bond donors (Lipinski definition) is 3. The van der Waals surface area contributed by atoms with Gasteiger partial charge in [0.25, 0.3) is 11.8 Å². The zero-order valence-corrected chi connectivity index (χ0v) is 32.8. The molecule has 0 spiro atoms. The lowest BCUT2D eigenvalue weighted by molar-refractivity contribution is 0.0977. The fourth-order valence-corrected chi connectivity index (χ4v) is 6.78. The van der Waals surface area contributed by atoms with Crippen LogP contribution < -0.4 is 27.4 Å². The first-order valence-electron chi connectivity index (χ1n) is 18.5. The number of hydrogen-bond acceptors (Lipinski definition) is 8. The molecule has 0 saturated carbocycles. The van der Waals surface area contributed by atoms with Gasteiger partial charge in [-0.25, -0.2) is 0 Å². The molecule has 5 N–H and O–H groups in total. The highest BCUT2D eigenvalue weighted by atomic mass is 16.5. The zero-order chi connectivity index (χ0) is 41.1. The lowest BCUT2D eigenvalue weighted by Crippen LogP contribution is -2.27. The van der Waals surface area contributed by atoms with E-state index in [9.17, 15) is 24.3 Å². The monoisotopic (exact) mass is 778 g/mol. The molecule has 0 saturated heterocycles. The molecule has 298 valence electrons. The molecular weight excluding hydrogens is 733 g/mol. The van der Waals surface area contributed by atoms with Crippen molar-refractivity contribution < 1.29 is 29.0 Å². The molecule has 0 radical (unpaired) electrons. The minimum atomic E-state index is -0.669. The number of nitrogens with two attached hydrogens (primary N) is 2. The number of rotatable bonds is 14. The minimum absolute atomic E-state index is 0.104. The van der Waals surface area contributed by atoms with Gasteiger partial charge in [-0.3, -0.25) is 28.5 Å². The number of amides is 4. The second-order valence-corrected chi connectivity index (χ2v) is 13.4. The highest BCUT2D eigenvalue weighted by molar-refractivity contribution is 5.99. The van der Waals surface area contributed by atoms with Crippen LogP contribution in [0, 0.1) is 13.8 Å². The van der Waals surface area contributed by atoms with Crippen LogP contribution in [0.2, 0.25) is 0 Å². The molecule has 4 heterocycles. The number of imidazole rings is 2. The SMILES string of the molecule is CCn1nc(C)cc1C(=O)N=c1n(C)c2cc(C(N)=O)ccc2n1C/C=C/Cn1c(=NC(=O)c2cc(C)nn2CC)n(C)c2cc(C(N)=O)cc(OCCCO)c21. The van der Waals surface area contributed by atoms with Gasteiger partial charge in [0.05, 0.1) is 34.5 Å². The maximum absolute atomic E-state index is 13.8. The summed E-state index contributed by atoms with van der Waals surface area (Å²) < 4.78 is 16.3. The summed E-state index contributed by atoms with van der Waals surface area (Å²) in [6.45, 7) is 8.79. The van der Waals surface area contributed by atoms with E-state index in [1.54, 1.807) is 87.4 Å². The van der Waals surface area contributed by atoms with Crippen LogP contribution in [0.1, 0.15) is 73.3 Å². The van der Waals surface area contributed by atoms with E-state index in [-0.39, 0.29) is 37.5 Å². The number of carbonyl (C=O) groups excluding carboxylic acids is 4. The minimum Gasteiger partial charge on any atom is -0.491 e. The Morgan fingerprint density at radius 3 is 1.81 bits per heavy atom. The Bertz CT molecular complexity index is 2730. The molecule has 6 aromatic rings. The number of fused-ring (bicyclic) bond motifs is 2. The second-order valence-electron chi connectivity index (χ2n) is 13.4. The van der Waals surface area contributed by atoms with Crippen LogP contribution >= 0.6 is 0 Å². The predicted octanol–water partition coefficient (Wildman–Crippen LogP) is 2.02. The number of aryl methyl sites for hydroxylation is 6. The average molecular weight is 779 g/mol. The Morgan fingerprint density at radius 1 is 0.737 bits per heavy atom. The van der Waals surface area contributed by atoms with Crippen molar-refractivity contribution in [1.29, 1.82) is 0 Å². The Morgan fingerprint density at radius 2 is 1.26 bits per heavy atom. The van der Waals surface area contributed by atoms with E-state index in [1.165, 1.54) is 6.07 Å². The van der Waals surface area contributed by atoms with Crippen LogP contribution in [0.15, 0.2) is 64.6 Å². The Balaban J connectivity index is 1.49. The lowest BCUT2D eigenvalue weighted by atomic mass is 10.1. The molecule has 2 aromatic carbocycles. The molecule has 57 heavy (non-hydrogen) atoms. The maximum atomic E-state index is 13.8. The molecule has 0 bridgehead atoms. The number of aromatic nitrogens is 8. The summed E-state index contributed by atoms with van der Waals surface area (Å²) in [4.78, 5) is 61.0. The predicted molar refractivity (Wildman–Crippen MR) is 210 cm³/mol. The lowest BCUT2D eigenvalue weighted by Gasteiger charge is -2.11. The van der Waals surface area contributed by atoms with E-state index in [1.807, 2.05) is 30.6 Å². The van der Waals surface area contributed by atoms with Crippen molar-refractivity contribution in [3.05, 3.63) is 99.8 Å². The first-order chi connectivity index (χ1) is 27.3. The third kappa shape index (κ3) is 7.84. The van der Waals surface area contributed by atoms with E-state index in [2.05, 4.69) is 20.2 Å². The normalized spacial score (nSPS) is 12.5. The van der Waals surface area contributed by atoms with Gasteiger partial charge in [0.1, 0.15) is 22.7 Å². The van der Waals surface area contributed by atoms with Crippen LogP contribution in [0.4, 0.5) is 0 Å². The Kier molecular flexibility index (Phi) is 11.5. The molecule has 0 aliphatic rings. The van der Waals surface area contributed by atoms with Gasteiger partial charge in [-0.2, -0.15) is 20.2 Å². The average Bonchev–Trinajstić information content (AvgIpc) is 3.91. The van der Waals surface area contributed by atoms with Crippen molar-refractivity contribution in [2.24, 2.45) is 35.5 Å². The standard InChI is InChI=1S/C39H46N12O6/c1-7-50-30(18-23(3)44-50)36(55)42-38-46(5)28-20-25(34(40)53)12-13-27(28)48(38)14-9-10-15-49-33-29(21-26(35(41)54)22-32(33)57-17-11-16-52)47(6)39(49)43-37(56)31-19-24(4)45-51(31)8-2/h9-10,12-13,18-22,52H,7-8,11,14-17H2,1-6H3,(H2,40,53)(H2,41,54)/b10-9+,42-38?,43-39?. The highest BCUT2D eigenvalue weighted by Crippen LogP contribution is 2.28. The Hall–Kier alpha value is -6.82. The molecular formula is C39H46N12O6. The van der Waals surface area contributed by atoms with Crippen molar-refractivity contribution in [3.63, 3.8) is 0 Å². The van der Waals surface area contributed by atoms with Crippen LogP contribution in [0.3, 0.4) is 0 Å². The molecule has 6 rings (SSSR count). The quantitative estimate of drug-likeness (QED) is 0.109. The van der Waals surface area contributed by atoms with Gasteiger partial charge in [0.2, 0.25) is 23.1 Å². The number of nitrogens with zero attached hydrogens (tertiary/aromatic N) is 10. The summed E-state index contributed by atoms with van der Waals surface area (Å²) in [5.41, 5.74) is 16.8. The van der Waals surface area contributed by atoms with Gasteiger partial charge in [-0.15, -0.1) is 0 Å². The number of allylic oxidation sites excluding steroid dienone is 2. The van der Waals surface area contributed by atoms with E-state index in [0.717, 1.165) is 0 Å². The molecule has 0 unspecified atom stereocenters. The summed E-state index contributed by atoms with van der Waals surface area (Å²) in [6.07, 6.45) is 4.08. The number of benzene rings is 2. The van der Waals surface area contributed by atoms with E-state index in [0.29, 0.717) is 81.3 Å². The topological polar surface area (TPSA) is 230 Å². The molecule has 0 fully saturated rings. The molecule has 4 aromatic heterocycles. The van der Waals surface area contributed by atoms with E-state index in [4.69, 9.17) is 16.2 Å². The molecule has 18 nitrogen and oxygen atoms in total. The third-order valence-corrected chi connectivity index (χ3v) is 9.51. The summed E-state index contributed by atoms with van der Waals surface area (Å²) in [6, 6.07) is 11.5. The molecule has 0 aliphatic carbocycles. The first kappa shape index (κ1) is 39.9. The molecule has 4 amide bonds. The van der Waals surface area contributed by atoms with Crippen LogP contribution in [0.25, 0.3) is 22.1 Å². The van der Waals surface area contributed by atoms with Gasteiger partial charge in [-0.05, 0) is 70.2 Å². The third-order valence-electron chi connectivity index (χ3n) is 9.51. The van der Waals surface area contributed by atoms with Crippen molar-refractivity contribution in [1.82, 2.24) is 37.8 Å². The smallest absolute Gasteiger partial charge is 0.298 e. The summed E-state index contributed by atoms with van der Waals surface area (Å²) in [7, 11) is 3.48. The largest absolute Gasteiger partial charge is 0.491 e. The van der Waals surface area contributed by atoms with Gasteiger partial charge in [0.15, 0.2) is 0 Å². The Labute approximate surface area is 326 Å². The van der Waals surface area contributed by atoms with Gasteiger partial charge < -0.3 is 39.6 Å². The second kappa shape index (κ2) is 16.5. The number of aliphatic hydroxyl groups excluding tert-OH is 1. The van der Waals surface area contributed by atoms with Crippen molar-refractivity contribution in [3.8, 4) is 5.75 Å². The van der Waals surface area contributed by atoms with Crippen molar-refractivity contribution in [2.45, 2.75) is 60.3 Å². The zero-order valence-electron chi connectivity index (χ0n) is 32.8. The number of ether oxygens (including phenoxy) is 1. The summed E-state index contributed by atoms with van der Waals surface area (Å²) in [5.74, 6) is -1.95. The van der Waals surface area contributed by atoms with Crippen LogP contribution in [-0.4, -0.2) is 79.8 Å². The molecule has 0 aliphatic heterocycles. The fourth-order valence-electron chi connectivity index (χ4n) is 6.78. The van der Waals surface area contributed by atoms with E-state index < -0.39 is 23.6 Å².